The van der Waals surface area contributed by atoms with Gasteiger partial charge in [-0.15, -0.1) is 0 Å². The van der Waals surface area contributed by atoms with Gasteiger partial charge in [-0.05, 0) is 19.4 Å². The number of nitrogens with one attached hydrogen (secondary N) is 1. The molecule has 2 unspecified atom stereocenters. The van der Waals surface area contributed by atoms with E-state index in [-0.39, 0.29) is 24.9 Å². The maximum Gasteiger partial charge on any atom is 0.308 e. The topological polar surface area (TPSA) is 78.8 Å². The van der Waals surface area contributed by atoms with Crippen LogP contribution in [0.3, 0.4) is 0 Å². The predicted octanol–water partition coefficient (Wildman–Crippen LogP) is -0.481. The van der Waals surface area contributed by atoms with E-state index in [4.69, 9.17) is 9.84 Å². The van der Waals surface area contributed by atoms with E-state index in [0.717, 1.165) is 0 Å². The largest absolute Gasteiger partial charge is 0.466 e. The molecule has 15 heavy (non-hydrogen) atoms. The van der Waals surface area contributed by atoms with Gasteiger partial charge in [-0.2, -0.15) is 0 Å². The lowest BCUT2D eigenvalue weighted by atomic mass is 10.2. The standard InChI is InChI=1S/C10H21NO4/c1-3-15-10(14)4-9(13)6-11-5-8(2)7-12/h8-9,11-13H,3-7H2,1-2H3. The quantitative estimate of drug-likeness (QED) is 0.480. The van der Waals surface area contributed by atoms with Crippen LogP contribution in [-0.2, 0) is 9.53 Å². The van der Waals surface area contributed by atoms with Crippen LogP contribution in [0, 0.1) is 5.92 Å². The molecule has 5 nitrogen and oxygen atoms in total. The first-order valence-electron chi connectivity index (χ1n) is 5.25. The van der Waals surface area contributed by atoms with Gasteiger partial charge in [-0.25, -0.2) is 0 Å². The zero-order valence-electron chi connectivity index (χ0n) is 9.40. The van der Waals surface area contributed by atoms with Crippen LogP contribution < -0.4 is 5.32 Å². The molecule has 2 atom stereocenters. The second kappa shape index (κ2) is 8.64. The zero-order valence-corrected chi connectivity index (χ0v) is 9.40. The van der Waals surface area contributed by atoms with Crippen molar-refractivity contribution in [2.24, 2.45) is 5.92 Å². The summed E-state index contributed by atoms with van der Waals surface area (Å²) in [4.78, 5) is 11.0. The summed E-state index contributed by atoms with van der Waals surface area (Å²) in [5.41, 5.74) is 0. The van der Waals surface area contributed by atoms with Crippen LogP contribution in [0.2, 0.25) is 0 Å². The second-order valence-electron chi connectivity index (χ2n) is 3.61. The van der Waals surface area contributed by atoms with Crippen molar-refractivity contribution in [2.45, 2.75) is 26.4 Å². The summed E-state index contributed by atoms with van der Waals surface area (Å²) in [5, 5.41) is 21.1. The Bertz CT molecular complexity index is 175. The lowest BCUT2D eigenvalue weighted by Crippen LogP contribution is -2.32. The fourth-order valence-electron chi connectivity index (χ4n) is 1.05. The van der Waals surface area contributed by atoms with Crippen LogP contribution >= 0.6 is 0 Å². The van der Waals surface area contributed by atoms with Crippen molar-refractivity contribution in [1.29, 1.82) is 0 Å². The van der Waals surface area contributed by atoms with Crippen molar-refractivity contribution in [3.05, 3.63) is 0 Å². The third-order valence-corrected chi connectivity index (χ3v) is 1.89. The summed E-state index contributed by atoms with van der Waals surface area (Å²) in [6, 6.07) is 0. The second-order valence-corrected chi connectivity index (χ2v) is 3.61. The van der Waals surface area contributed by atoms with Crippen LogP contribution in [0.15, 0.2) is 0 Å². The van der Waals surface area contributed by atoms with Crippen molar-refractivity contribution < 1.29 is 19.7 Å². The lowest BCUT2D eigenvalue weighted by molar-refractivity contribution is -0.145. The van der Waals surface area contributed by atoms with E-state index in [0.29, 0.717) is 19.7 Å². The highest BCUT2D eigenvalue weighted by atomic mass is 16.5. The molecular weight excluding hydrogens is 198 g/mol. The van der Waals surface area contributed by atoms with Gasteiger partial charge in [0.25, 0.3) is 0 Å². The van der Waals surface area contributed by atoms with E-state index in [9.17, 15) is 9.90 Å². The Labute approximate surface area is 90.4 Å². The van der Waals surface area contributed by atoms with E-state index >= 15 is 0 Å². The SMILES string of the molecule is CCOC(=O)CC(O)CNCC(C)CO. The Balaban J connectivity index is 3.48. The molecule has 0 amide bonds. The van der Waals surface area contributed by atoms with E-state index in [1.807, 2.05) is 6.92 Å². The van der Waals surface area contributed by atoms with Gasteiger partial charge in [0.05, 0.1) is 19.1 Å². The highest BCUT2D eigenvalue weighted by Crippen LogP contribution is 1.95. The highest BCUT2D eigenvalue weighted by Gasteiger charge is 2.11. The number of aliphatic hydroxyl groups is 2. The number of esters is 1. The molecule has 90 valence electrons. The maximum absolute atomic E-state index is 11.0. The molecule has 0 aliphatic rings. The van der Waals surface area contributed by atoms with Crippen molar-refractivity contribution in [3.8, 4) is 0 Å². The first-order valence-corrected chi connectivity index (χ1v) is 5.25. The monoisotopic (exact) mass is 219 g/mol. The summed E-state index contributed by atoms with van der Waals surface area (Å²) in [7, 11) is 0. The van der Waals surface area contributed by atoms with Crippen molar-refractivity contribution in [1.82, 2.24) is 5.32 Å². The van der Waals surface area contributed by atoms with Gasteiger partial charge in [0, 0.05) is 13.2 Å². The zero-order chi connectivity index (χ0) is 11.7. The smallest absolute Gasteiger partial charge is 0.308 e. The number of rotatable bonds is 8. The summed E-state index contributed by atoms with van der Waals surface area (Å²) in [5.74, 6) is -0.234. The first-order chi connectivity index (χ1) is 7.10. The molecular formula is C10H21NO4. The van der Waals surface area contributed by atoms with Gasteiger partial charge in [0.1, 0.15) is 0 Å². The molecule has 0 rings (SSSR count). The predicted molar refractivity (Wildman–Crippen MR) is 56.4 cm³/mol. The molecule has 0 aromatic rings. The van der Waals surface area contributed by atoms with Crippen molar-refractivity contribution >= 4 is 5.97 Å². The summed E-state index contributed by atoms with van der Waals surface area (Å²) >= 11 is 0. The van der Waals surface area contributed by atoms with E-state index < -0.39 is 6.10 Å². The van der Waals surface area contributed by atoms with Gasteiger partial charge >= 0.3 is 5.97 Å². The highest BCUT2D eigenvalue weighted by molar-refractivity contribution is 5.69. The van der Waals surface area contributed by atoms with Crippen LogP contribution in [0.25, 0.3) is 0 Å². The van der Waals surface area contributed by atoms with Crippen LogP contribution in [0.5, 0.6) is 0 Å². The first kappa shape index (κ1) is 14.3. The van der Waals surface area contributed by atoms with Crippen LogP contribution in [0.1, 0.15) is 20.3 Å². The van der Waals surface area contributed by atoms with E-state index in [1.165, 1.54) is 0 Å². The minimum Gasteiger partial charge on any atom is -0.466 e. The minimum atomic E-state index is -0.727. The molecule has 0 saturated heterocycles. The normalized spacial score (nSPS) is 14.7. The molecule has 0 aliphatic carbocycles. The number of hydrogen-bond donors (Lipinski definition) is 3. The number of carbonyl (C=O) groups excluding carboxylic acids is 1. The summed E-state index contributed by atoms with van der Waals surface area (Å²) in [6.45, 7) is 5.03. The number of aliphatic hydroxyl groups excluding tert-OH is 2. The molecule has 0 saturated carbocycles. The summed E-state index contributed by atoms with van der Waals surface area (Å²) in [6.07, 6.45) is -0.719. The molecule has 0 aromatic carbocycles. The molecule has 0 bridgehead atoms. The number of ether oxygens (including phenoxy) is 1. The van der Waals surface area contributed by atoms with Crippen molar-refractivity contribution in [2.75, 3.05) is 26.3 Å². The van der Waals surface area contributed by atoms with E-state index in [1.54, 1.807) is 6.92 Å². The fourth-order valence-corrected chi connectivity index (χ4v) is 1.05. The molecule has 5 heteroatoms. The molecule has 0 spiro atoms. The Morgan fingerprint density at radius 1 is 1.47 bits per heavy atom. The lowest BCUT2D eigenvalue weighted by Gasteiger charge is -2.13. The Morgan fingerprint density at radius 3 is 2.67 bits per heavy atom. The molecule has 0 aromatic heterocycles. The Morgan fingerprint density at radius 2 is 2.13 bits per heavy atom. The van der Waals surface area contributed by atoms with Gasteiger partial charge in [0.2, 0.25) is 0 Å². The minimum absolute atomic E-state index is 0.00828. The fraction of sp³-hybridized carbons (Fsp3) is 0.900. The van der Waals surface area contributed by atoms with Gasteiger partial charge in [0.15, 0.2) is 0 Å². The average Bonchev–Trinajstić information content (AvgIpc) is 2.17. The molecule has 0 heterocycles. The molecule has 0 radical (unpaired) electrons. The van der Waals surface area contributed by atoms with Crippen LogP contribution in [0.4, 0.5) is 0 Å². The molecule has 0 fully saturated rings. The number of hydrogen-bond acceptors (Lipinski definition) is 5. The van der Waals surface area contributed by atoms with Crippen LogP contribution in [-0.4, -0.2) is 48.6 Å². The van der Waals surface area contributed by atoms with Gasteiger partial charge in [-0.1, -0.05) is 6.92 Å². The Kier molecular flexibility index (Phi) is 8.27. The third kappa shape index (κ3) is 8.35. The molecule has 3 N–H and O–H groups in total. The average molecular weight is 219 g/mol. The van der Waals surface area contributed by atoms with Crippen molar-refractivity contribution in [3.63, 3.8) is 0 Å². The maximum atomic E-state index is 11.0. The van der Waals surface area contributed by atoms with Gasteiger partial charge in [-0.3, -0.25) is 4.79 Å². The Hall–Kier alpha value is -0.650. The summed E-state index contributed by atoms with van der Waals surface area (Å²) < 4.78 is 4.69. The third-order valence-electron chi connectivity index (χ3n) is 1.89. The number of carbonyl (C=O) groups is 1. The molecule has 0 aliphatic heterocycles. The van der Waals surface area contributed by atoms with Gasteiger partial charge < -0.3 is 20.3 Å². The van der Waals surface area contributed by atoms with E-state index in [2.05, 4.69) is 5.32 Å².